The lowest BCUT2D eigenvalue weighted by atomic mass is 9.86. The third-order valence-corrected chi connectivity index (χ3v) is 4.61. The lowest BCUT2D eigenvalue weighted by Crippen LogP contribution is -2.33. The van der Waals surface area contributed by atoms with Crippen LogP contribution in [0.1, 0.15) is 30.0 Å². The van der Waals surface area contributed by atoms with E-state index in [1.54, 1.807) is 19.0 Å². The lowest BCUT2D eigenvalue weighted by molar-refractivity contribution is -0.134. The number of nitrogens with zero attached hydrogens (tertiary/aromatic N) is 1. The predicted molar refractivity (Wildman–Crippen MR) is 83.2 cm³/mol. The van der Waals surface area contributed by atoms with Crippen LogP contribution in [-0.4, -0.2) is 41.6 Å². The Morgan fingerprint density at radius 1 is 1.43 bits per heavy atom. The quantitative estimate of drug-likeness (QED) is 0.906. The van der Waals surface area contributed by atoms with Gasteiger partial charge >= 0.3 is 0 Å². The first-order valence-electron chi connectivity index (χ1n) is 7.55. The highest BCUT2D eigenvalue weighted by atomic mass is 16.3. The average molecular weight is 286 g/mol. The Hall–Kier alpha value is -1.81. The zero-order chi connectivity index (χ0) is 15.0. The summed E-state index contributed by atoms with van der Waals surface area (Å²) < 4.78 is 0. The number of aromatic amines is 1. The summed E-state index contributed by atoms with van der Waals surface area (Å²) in [6.07, 6.45) is 2.51. The largest absolute Gasteiger partial charge is 0.396 e. The summed E-state index contributed by atoms with van der Waals surface area (Å²) in [5, 5.41) is 10.6. The van der Waals surface area contributed by atoms with Gasteiger partial charge in [-0.3, -0.25) is 4.79 Å². The van der Waals surface area contributed by atoms with Gasteiger partial charge in [0.25, 0.3) is 0 Å². The second-order valence-electron chi connectivity index (χ2n) is 6.06. The standard InChI is InChI=1S/C17H22N2O2/c1-19(2)17(21)14(9-10-20)13-8-7-12-11-5-3-4-6-15(11)18-16(12)13/h3-6,13-14,18,20H,7-10H2,1-2H3. The molecule has 1 aliphatic rings. The first kappa shape index (κ1) is 14.1. The van der Waals surface area contributed by atoms with E-state index in [1.165, 1.54) is 16.6 Å². The van der Waals surface area contributed by atoms with Gasteiger partial charge in [-0.1, -0.05) is 18.2 Å². The van der Waals surface area contributed by atoms with Crippen molar-refractivity contribution in [3.8, 4) is 0 Å². The van der Waals surface area contributed by atoms with Crippen molar-refractivity contribution in [2.75, 3.05) is 20.7 Å². The van der Waals surface area contributed by atoms with Gasteiger partial charge < -0.3 is 15.0 Å². The van der Waals surface area contributed by atoms with Crippen molar-refractivity contribution in [3.05, 3.63) is 35.5 Å². The number of fused-ring (bicyclic) bond motifs is 3. The molecule has 0 bridgehead atoms. The van der Waals surface area contributed by atoms with Crippen molar-refractivity contribution in [1.29, 1.82) is 0 Å². The fourth-order valence-electron chi connectivity index (χ4n) is 3.62. The highest BCUT2D eigenvalue weighted by Gasteiger charge is 2.36. The van der Waals surface area contributed by atoms with Crippen LogP contribution in [-0.2, 0) is 11.2 Å². The zero-order valence-electron chi connectivity index (χ0n) is 12.6. The molecule has 0 spiro atoms. The Morgan fingerprint density at radius 3 is 2.90 bits per heavy atom. The molecule has 3 rings (SSSR count). The molecule has 2 unspecified atom stereocenters. The summed E-state index contributed by atoms with van der Waals surface area (Å²) in [5.74, 6) is 0.161. The third kappa shape index (κ3) is 2.33. The van der Waals surface area contributed by atoms with Gasteiger partial charge in [0.15, 0.2) is 0 Å². The van der Waals surface area contributed by atoms with Crippen molar-refractivity contribution < 1.29 is 9.90 Å². The van der Waals surface area contributed by atoms with E-state index in [-0.39, 0.29) is 24.3 Å². The maximum atomic E-state index is 12.4. The van der Waals surface area contributed by atoms with Gasteiger partial charge in [0.1, 0.15) is 0 Å². The van der Waals surface area contributed by atoms with E-state index in [0.29, 0.717) is 6.42 Å². The number of hydrogen-bond acceptors (Lipinski definition) is 2. The summed E-state index contributed by atoms with van der Waals surface area (Å²) in [7, 11) is 3.57. The summed E-state index contributed by atoms with van der Waals surface area (Å²) in [6, 6.07) is 8.31. The van der Waals surface area contributed by atoms with Crippen LogP contribution >= 0.6 is 0 Å². The Balaban J connectivity index is 1.99. The molecule has 4 nitrogen and oxygen atoms in total. The van der Waals surface area contributed by atoms with Gasteiger partial charge in [-0.2, -0.15) is 0 Å². The van der Waals surface area contributed by atoms with E-state index in [0.717, 1.165) is 18.4 Å². The number of amides is 1. The molecule has 1 heterocycles. The molecule has 1 aromatic heterocycles. The van der Waals surface area contributed by atoms with E-state index >= 15 is 0 Å². The molecule has 21 heavy (non-hydrogen) atoms. The lowest BCUT2D eigenvalue weighted by Gasteiger charge is -2.25. The maximum absolute atomic E-state index is 12.4. The van der Waals surface area contributed by atoms with Crippen LogP contribution in [0.4, 0.5) is 0 Å². The van der Waals surface area contributed by atoms with E-state index in [2.05, 4.69) is 23.2 Å². The Kier molecular flexibility index (Phi) is 3.72. The number of hydrogen-bond donors (Lipinski definition) is 2. The molecule has 1 aromatic carbocycles. The molecule has 4 heteroatoms. The Morgan fingerprint density at radius 2 is 2.19 bits per heavy atom. The maximum Gasteiger partial charge on any atom is 0.225 e. The second-order valence-corrected chi connectivity index (χ2v) is 6.06. The summed E-state index contributed by atoms with van der Waals surface area (Å²) in [5.41, 5.74) is 3.70. The van der Waals surface area contributed by atoms with Crippen LogP contribution in [0.3, 0.4) is 0 Å². The minimum atomic E-state index is -0.140. The topological polar surface area (TPSA) is 56.3 Å². The monoisotopic (exact) mass is 286 g/mol. The molecule has 2 aromatic rings. The molecular formula is C17H22N2O2. The molecule has 2 N–H and O–H groups in total. The first-order chi connectivity index (χ1) is 10.1. The summed E-state index contributed by atoms with van der Waals surface area (Å²) >= 11 is 0. The molecule has 0 radical (unpaired) electrons. The van der Waals surface area contributed by atoms with Gasteiger partial charge in [-0.05, 0) is 30.9 Å². The number of H-pyrrole nitrogens is 1. The van der Waals surface area contributed by atoms with Gasteiger partial charge in [0.2, 0.25) is 5.91 Å². The number of aliphatic hydroxyl groups is 1. The molecule has 0 saturated heterocycles. The van der Waals surface area contributed by atoms with Gasteiger partial charge in [0.05, 0.1) is 0 Å². The fourth-order valence-corrected chi connectivity index (χ4v) is 3.62. The van der Waals surface area contributed by atoms with Gasteiger partial charge in [-0.25, -0.2) is 0 Å². The first-order valence-corrected chi connectivity index (χ1v) is 7.55. The Labute approximate surface area is 124 Å². The molecule has 0 aliphatic heterocycles. The smallest absolute Gasteiger partial charge is 0.225 e. The van der Waals surface area contributed by atoms with Gasteiger partial charge in [0, 0.05) is 49.1 Å². The van der Waals surface area contributed by atoms with E-state index in [9.17, 15) is 9.90 Å². The van der Waals surface area contributed by atoms with Crippen molar-refractivity contribution >= 4 is 16.8 Å². The van der Waals surface area contributed by atoms with Crippen LogP contribution in [0.2, 0.25) is 0 Å². The summed E-state index contributed by atoms with van der Waals surface area (Å²) in [6.45, 7) is 0.0519. The minimum absolute atomic E-state index is 0.0519. The van der Waals surface area contributed by atoms with Crippen LogP contribution in [0.5, 0.6) is 0 Å². The molecular weight excluding hydrogens is 264 g/mol. The van der Waals surface area contributed by atoms with Crippen molar-refractivity contribution in [2.24, 2.45) is 5.92 Å². The van der Waals surface area contributed by atoms with Crippen LogP contribution in [0.25, 0.3) is 10.9 Å². The average Bonchev–Trinajstić information content (AvgIpc) is 3.03. The zero-order valence-corrected chi connectivity index (χ0v) is 12.6. The molecule has 1 aliphatic carbocycles. The van der Waals surface area contributed by atoms with Crippen LogP contribution in [0.15, 0.2) is 24.3 Å². The van der Waals surface area contributed by atoms with Gasteiger partial charge in [-0.15, -0.1) is 0 Å². The highest BCUT2D eigenvalue weighted by Crippen LogP contribution is 2.42. The number of carbonyl (C=O) groups excluding carboxylic acids is 1. The van der Waals surface area contributed by atoms with E-state index in [1.807, 2.05) is 6.07 Å². The molecule has 0 saturated carbocycles. The summed E-state index contributed by atoms with van der Waals surface area (Å²) in [4.78, 5) is 17.6. The van der Waals surface area contributed by atoms with Crippen LogP contribution < -0.4 is 0 Å². The number of nitrogens with one attached hydrogen (secondary N) is 1. The number of aryl methyl sites for hydroxylation is 1. The number of para-hydroxylation sites is 1. The number of rotatable bonds is 4. The fraction of sp³-hybridized carbons (Fsp3) is 0.471. The normalized spacial score (nSPS) is 18.7. The van der Waals surface area contributed by atoms with Crippen LogP contribution in [0, 0.1) is 5.92 Å². The number of aromatic nitrogens is 1. The van der Waals surface area contributed by atoms with Crippen molar-refractivity contribution in [3.63, 3.8) is 0 Å². The highest BCUT2D eigenvalue weighted by molar-refractivity contribution is 5.86. The predicted octanol–water partition coefficient (Wildman–Crippen LogP) is 2.28. The second kappa shape index (κ2) is 5.53. The van der Waals surface area contributed by atoms with E-state index in [4.69, 9.17) is 0 Å². The molecule has 112 valence electrons. The number of carbonyl (C=O) groups is 1. The number of benzene rings is 1. The minimum Gasteiger partial charge on any atom is -0.396 e. The Bertz CT molecular complexity index is 660. The number of aliphatic hydroxyl groups excluding tert-OH is 1. The molecule has 1 amide bonds. The van der Waals surface area contributed by atoms with E-state index < -0.39 is 0 Å². The third-order valence-electron chi connectivity index (χ3n) is 4.61. The van der Waals surface area contributed by atoms with Crippen molar-refractivity contribution in [2.45, 2.75) is 25.2 Å². The molecule has 0 fully saturated rings. The van der Waals surface area contributed by atoms with Crippen molar-refractivity contribution in [1.82, 2.24) is 9.88 Å². The SMILES string of the molecule is CN(C)C(=O)C(CCO)C1CCc2c1[nH]c1ccccc21. The molecule has 2 atom stereocenters.